The molecule has 3 rings (SSSR count). The number of amides is 1. The molecule has 1 aromatic rings. The van der Waals surface area contributed by atoms with E-state index in [4.69, 9.17) is 5.73 Å². The van der Waals surface area contributed by atoms with Crippen LogP contribution >= 0.6 is 28.3 Å². The second-order valence-corrected chi connectivity index (χ2v) is 8.73. The summed E-state index contributed by atoms with van der Waals surface area (Å²) in [6.45, 7) is 4.15. The van der Waals surface area contributed by atoms with Crippen molar-refractivity contribution in [1.82, 2.24) is 5.32 Å². The number of benzene rings is 1. The van der Waals surface area contributed by atoms with Crippen LogP contribution in [0.4, 0.5) is 0 Å². The number of fused-ring (bicyclic) bond motifs is 2. The molecule has 134 valence electrons. The third kappa shape index (κ3) is 4.14. The van der Waals surface area contributed by atoms with Crippen LogP contribution in [0.15, 0.2) is 28.7 Å². The fourth-order valence-electron chi connectivity index (χ4n) is 4.35. The molecule has 0 spiro atoms. The number of rotatable bonds is 3. The smallest absolute Gasteiger partial charge is 0.223 e. The van der Waals surface area contributed by atoms with E-state index in [1.807, 2.05) is 12.1 Å². The van der Waals surface area contributed by atoms with Crippen molar-refractivity contribution in [2.24, 2.45) is 23.5 Å². The van der Waals surface area contributed by atoms with Gasteiger partial charge in [-0.05, 0) is 69.1 Å². The third-order valence-corrected chi connectivity index (χ3v) is 6.31. The molecule has 24 heavy (non-hydrogen) atoms. The largest absolute Gasteiger partial charge is 0.347 e. The van der Waals surface area contributed by atoms with Crippen LogP contribution in [0.1, 0.15) is 51.5 Å². The number of nitrogens with one attached hydrogen (secondary N) is 1. The van der Waals surface area contributed by atoms with Crippen molar-refractivity contribution in [3.05, 3.63) is 34.3 Å². The van der Waals surface area contributed by atoms with Crippen molar-refractivity contribution in [3.8, 4) is 0 Å². The lowest BCUT2D eigenvalue weighted by molar-refractivity contribution is -0.129. The fourth-order valence-corrected chi connectivity index (χ4v) is 4.62. The highest BCUT2D eigenvalue weighted by molar-refractivity contribution is 9.10. The van der Waals surface area contributed by atoms with Gasteiger partial charge in [0, 0.05) is 16.4 Å². The van der Waals surface area contributed by atoms with Crippen LogP contribution in [0, 0.1) is 17.8 Å². The summed E-state index contributed by atoms with van der Waals surface area (Å²) in [5.74, 6) is 1.39. The molecule has 2 fully saturated rings. The maximum Gasteiger partial charge on any atom is 0.223 e. The second kappa shape index (κ2) is 7.76. The molecule has 2 bridgehead atoms. The van der Waals surface area contributed by atoms with E-state index < -0.39 is 0 Å². The first-order valence-corrected chi connectivity index (χ1v) is 9.50. The molecule has 2 saturated carbocycles. The van der Waals surface area contributed by atoms with Gasteiger partial charge in [-0.15, -0.1) is 12.4 Å². The minimum absolute atomic E-state index is 0. The van der Waals surface area contributed by atoms with Gasteiger partial charge in [0.25, 0.3) is 0 Å². The molecular formula is C19H28BrClN2O. The Morgan fingerprint density at radius 1 is 1.17 bits per heavy atom. The van der Waals surface area contributed by atoms with Crippen LogP contribution in [0.3, 0.4) is 0 Å². The van der Waals surface area contributed by atoms with Crippen LogP contribution in [0.25, 0.3) is 0 Å². The summed E-state index contributed by atoms with van der Waals surface area (Å²) in [4.78, 5) is 12.8. The first-order chi connectivity index (χ1) is 10.9. The molecule has 2 atom stereocenters. The predicted octanol–water partition coefficient (Wildman–Crippen LogP) is 4.38. The predicted molar refractivity (Wildman–Crippen MR) is 104 cm³/mol. The van der Waals surface area contributed by atoms with Gasteiger partial charge in [-0.1, -0.05) is 34.5 Å². The number of hydrogen-bond acceptors (Lipinski definition) is 2. The molecule has 1 amide bonds. The van der Waals surface area contributed by atoms with E-state index in [0.29, 0.717) is 17.9 Å². The van der Waals surface area contributed by atoms with Crippen LogP contribution in [-0.2, 0) is 10.3 Å². The second-order valence-electron chi connectivity index (χ2n) is 7.82. The van der Waals surface area contributed by atoms with Crippen LogP contribution in [-0.4, -0.2) is 11.9 Å². The molecule has 0 aliphatic heterocycles. The molecule has 5 heteroatoms. The molecule has 0 aromatic heterocycles. The number of carbonyl (C=O) groups excluding carboxylic acids is 1. The molecule has 2 aliphatic rings. The molecule has 2 unspecified atom stereocenters. The van der Waals surface area contributed by atoms with Crippen molar-refractivity contribution in [1.29, 1.82) is 0 Å². The highest BCUT2D eigenvalue weighted by Gasteiger charge is 2.41. The SMILES string of the molecule is CC(C)(NC(=O)C1CC2CCCC(C1)C2N)c1ccc(Br)cc1.Cl. The van der Waals surface area contributed by atoms with Crippen molar-refractivity contribution in [3.63, 3.8) is 0 Å². The summed E-state index contributed by atoms with van der Waals surface area (Å²) in [7, 11) is 0. The average molecular weight is 416 g/mol. The van der Waals surface area contributed by atoms with Gasteiger partial charge in [-0.25, -0.2) is 0 Å². The van der Waals surface area contributed by atoms with E-state index >= 15 is 0 Å². The number of carbonyl (C=O) groups is 1. The Kier molecular flexibility index (Phi) is 6.38. The average Bonchev–Trinajstić information content (AvgIpc) is 2.46. The van der Waals surface area contributed by atoms with E-state index in [1.165, 1.54) is 19.3 Å². The van der Waals surface area contributed by atoms with Crippen molar-refractivity contribution in [2.75, 3.05) is 0 Å². The van der Waals surface area contributed by atoms with Gasteiger partial charge in [0.05, 0.1) is 5.54 Å². The van der Waals surface area contributed by atoms with E-state index in [1.54, 1.807) is 0 Å². The van der Waals surface area contributed by atoms with Gasteiger partial charge in [0.1, 0.15) is 0 Å². The molecule has 3 N–H and O–H groups in total. The normalized spacial score (nSPS) is 29.5. The maximum absolute atomic E-state index is 12.8. The van der Waals surface area contributed by atoms with E-state index in [0.717, 1.165) is 22.9 Å². The first-order valence-electron chi connectivity index (χ1n) is 8.70. The summed E-state index contributed by atoms with van der Waals surface area (Å²) >= 11 is 3.46. The summed E-state index contributed by atoms with van der Waals surface area (Å²) in [6.07, 6.45) is 5.58. The lowest BCUT2D eigenvalue weighted by atomic mass is 9.65. The Bertz CT molecular complexity index is 561. The highest BCUT2D eigenvalue weighted by Crippen LogP contribution is 2.42. The molecular weight excluding hydrogens is 388 g/mol. The third-order valence-electron chi connectivity index (χ3n) is 5.79. The van der Waals surface area contributed by atoms with E-state index in [-0.39, 0.29) is 29.8 Å². The first kappa shape index (κ1) is 19.7. The molecule has 0 radical (unpaired) electrons. The summed E-state index contributed by atoms with van der Waals surface area (Å²) in [5, 5.41) is 3.27. The molecule has 3 nitrogen and oxygen atoms in total. The lowest BCUT2D eigenvalue weighted by Crippen LogP contribution is -2.51. The highest BCUT2D eigenvalue weighted by atomic mass is 79.9. The Balaban J connectivity index is 0.00000208. The topological polar surface area (TPSA) is 55.1 Å². The molecule has 0 saturated heterocycles. The zero-order chi connectivity index (χ0) is 16.6. The van der Waals surface area contributed by atoms with Crippen LogP contribution in [0.5, 0.6) is 0 Å². The Morgan fingerprint density at radius 2 is 1.71 bits per heavy atom. The van der Waals surface area contributed by atoms with Crippen molar-refractivity contribution in [2.45, 2.75) is 57.5 Å². The summed E-state index contributed by atoms with van der Waals surface area (Å²) in [5.41, 5.74) is 7.11. The van der Waals surface area contributed by atoms with Crippen molar-refractivity contribution >= 4 is 34.2 Å². The molecule has 2 aliphatic carbocycles. The molecule has 0 heterocycles. The maximum atomic E-state index is 12.8. The minimum atomic E-state index is -0.355. The van der Waals surface area contributed by atoms with Gasteiger partial charge in [-0.2, -0.15) is 0 Å². The number of nitrogens with two attached hydrogens (primary N) is 1. The Morgan fingerprint density at radius 3 is 2.25 bits per heavy atom. The van der Waals surface area contributed by atoms with Gasteiger partial charge in [0.15, 0.2) is 0 Å². The molecule has 1 aromatic carbocycles. The van der Waals surface area contributed by atoms with Crippen LogP contribution in [0.2, 0.25) is 0 Å². The standard InChI is InChI=1S/C19H27BrN2O.ClH/c1-19(2,15-6-8-16(20)9-7-15)22-18(23)14-10-12-4-3-5-13(11-14)17(12)21;/h6-9,12-14,17H,3-5,10-11,21H2,1-2H3,(H,22,23);1H. The summed E-state index contributed by atoms with van der Waals surface area (Å²) in [6, 6.07) is 8.49. The van der Waals surface area contributed by atoms with Gasteiger partial charge in [-0.3, -0.25) is 4.79 Å². The van der Waals surface area contributed by atoms with Gasteiger partial charge >= 0.3 is 0 Å². The lowest BCUT2D eigenvalue weighted by Gasteiger charge is -2.44. The zero-order valence-corrected chi connectivity index (χ0v) is 16.8. The van der Waals surface area contributed by atoms with Crippen LogP contribution < -0.4 is 11.1 Å². The number of halogens is 2. The monoisotopic (exact) mass is 414 g/mol. The summed E-state index contributed by atoms with van der Waals surface area (Å²) < 4.78 is 1.05. The quantitative estimate of drug-likeness (QED) is 0.770. The van der Waals surface area contributed by atoms with Gasteiger partial charge < -0.3 is 11.1 Å². The van der Waals surface area contributed by atoms with E-state index in [2.05, 4.69) is 47.2 Å². The Labute approximate surface area is 159 Å². The zero-order valence-electron chi connectivity index (χ0n) is 14.4. The van der Waals surface area contributed by atoms with E-state index in [9.17, 15) is 4.79 Å². The fraction of sp³-hybridized carbons (Fsp3) is 0.632. The number of hydrogen-bond donors (Lipinski definition) is 2. The van der Waals surface area contributed by atoms with Gasteiger partial charge in [0.2, 0.25) is 5.91 Å². The Hall–Kier alpha value is -0.580. The van der Waals surface area contributed by atoms with Crippen molar-refractivity contribution < 1.29 is 4.79 Å². The minimum Gasteiger partial charge on any atom is -0.347 e.